The van der Waals surface area contributed by atoms with E-state index in [1.54, 1.807) is 9.42 Å². The van der Waals surface area contributed by atoms with Gasteiger partial charge >= 0.3 is 0 Å². The van der Waals surface area contributed by atoms with Crippen LogP contribution in [0, 0.1) is 0 Å². The van der Waals surface area contributed by atoms with Crippen molar-refractivity contribution < 1.29 is 4.74 Å². The molecule has 6 nitrogen and oxygen atoms in total. The molecule has 0 fully saturated rings. The van der Waals surface area contributed by atoms with Crippen molar-refractivity contribution in [3.8, 4) is 5.75 Å². The number of thiocarbonyl (C=S) groups is 1. The van der Waals surface area contributed by atoms with Gasteiger partial charge in [0.15, 0.2) is 5.65 Å². The Morgan fingerprint density at radius 2 is 2.11 bits per heavy atom. The molecule has 0 aliphatic rings. The van der Waals surface area contributed by atoms with E-state index < -0.39 is 0 Å². The van der Waals surface area contributed by atoms with E-state index in [9.17, 15) is 0 Å². The van der Waals surface area contributed by atoms with Crippen LogP contribution in [0.1, 0.15) is 0 Å². The second kappa shape index (κ2) is 4.43. The summed E-state index contributed by atoms with van der Waals surface area (Å²) in [5, 5.41) is 12.9. The Morgan fingerprint density at radius 3 is 2.89 bits per heavy atom. The number of rotatable bonds is 1. The van der Waals surface area contributed by atoms with Crippen LogP contribution in [0.3, 0.4) is 0 Å². The summed E-state index contributed by atoms with van der Waals surface area (Å²) in [6, 6.07) is 9.47. The van der Waals surface area contributed by atoms with Gasteiger partial charge in [-0.25, -0.2) is 0 Å². The van der Waals surface area contributed by atoms with Crippen LogP contribution in [0.15, 0.2) is 30.3 Å². The summed E-state index contributed by atoms with van der Waals surface area (Å²) in [5.41, 5.74) is 1.63. The smallest absolute Gasteiger partial charge is 0.264 e. The minimum absolute atomic E-state index is 0.419. The van der Waals surface area contributed by atoms with Gasteiger partial charge < -0.3 is 9.64 Å². The van der Waals surface area contributed by atoms with Gasteiger partial charge in [-0.05, 0) is 53.0 Å². The third-order valence-electron chi connectivity index (χ3n) is 2.70. The molecule has 19 heavy (non-hydrogen) atoms. The van der Waals surface area contributed by atoms with Gasteiger partial charge in [-0.2, -0.15) is 4.52 Å². The molecular weight excluding hydrogens is 262 g/mol. The highest BCUT2D eigenvalue weighted by Crippen LogP contribution is 2.21. The first-order chi connectivity index (χ1) is 9.15. The van der Waals surface area contributed by atoms with Crippen LogP contribution in [0.5, 0.6) is 5.75 Å². The number of hydrogen-bond donors (Lipinski definition) is 0. The van der Waals surface area contributed by atoms with Crippen molar-refractivity contribution in [3.63, 3.8) is 0 Å². The number of tetrazole rings is 1. The molecule has 1 aromatic carbocycles. The molecule has 7 heteroatoms. The van der Waals surface area contributed by atoms with E-state index in [1.165, 1.54) is 0 Å². The quantitative estimate of drug-likeness (QED) is 0.626. The van der Waals surface area contributed by atoms with E-state index in [0.29, 0.717) is 16.6 Å². The van der Waals surface area contributed by atoms with Crippen LogP contribution < -0.4 is 4.74 Å². The standard InChI is InChI=1S/C12H11N5OS/c1-16(2)12(19)18-9-4-5-10-8(7-9)3-6-11-13-14-15-17(10)11/h3-7H,1-2H3. The topological polar surface area (TPSA) is 55.5 Å². The first-order valence-corrected chi connectivity index (χ1v) is 6.06. The normalized spacial score (nSPS) is 10.8. The van der Waals surface area contributed by atoms with Gasteiger partial charge in [0.2, 0.25) is 0 Å². The summed E-state index contributed by atoms with van der Waals surface area (Å²) in [6.07, 6.45) is 0. The third kappa shape index (κ3) is 2.08. The van der Waals surface area contributed by atoms with Gasteiger partial charge in [0.25, 0.3) is 5.17 Å². The number of ether oxygens (including phenoxy) is 1. The Morgan fingerprint density at radius 1 is 1.26 bits per heavy atom. The molecule has 0 unspecified atom stereocenters. The van der Waals surface area contributed by atoms with Crippen molar-refractivity contribution in [3.05, 3.63) is 30.3 Å². The lowest BCUT2D eigenvalue weighted by molar-refractivity contribution is 0.450. The molecule has 3 rings (SSSR count). The molecule has 0 amide bonds. The molecule has 0 saturated heterocycles. The lowest BCUT2D eigenvalue weighted by Gasteiger charge is -2.14. The molecule has 0 N–H and O–H groups in total. The Bertz CT molecular complexity index is 767. The van der Waals surface area contributed by atoms with Crippen LogP contribution >= 0.6 is 12.2 Å². The molecule has 0 saturated carbocycles. The summed E-state index contributed by atoms with van der Waals surface area (Å²) < 4.78 is 7.26. The van der Waals surface area contributed by atoms with Crippen molar-refractivity contribution in [2.45, 2.75) is 0 Å². The zero-order valence-corrected chi connectivity index (χ0v) is 11.3. The summed E-state index contributed by atoms with van der Waals surface area (Å²) >= 11 is 5.11. The van der Waals surface area contributed by atoms with E-state index in [4.69, 9.17) is 17.0 Å². The van der Waals surface area contributed by atoms with E-state index >= 15 is 0 Å². The highest BCUT2D eigenvalue weighted by atomic mass is 32.1. The molecule has 0 aliphatic carbocycles. The fourth-order valence-electron chi connectivity index (χ4n) is 1.75. The first kappa shape index (κ1) is 11.8. The predicted molar refractivity (Wildman–Crippen MR) is 75.2 cm³/mol. The van der Waals surface area contributed by atoms with Crippen molar-refractivity contribution in [2.24, 2.45) is 0 Å². The van der Waals surface area contributed by atoms with Gasteiger partial charge in [0.05, 0.1) is 5.52 Å². The van der Waals surface area contributed by atoms with E-state index in [0.717, 1.165) is 10.9 Å². The highest BCUT2D eigenvalue weighted by molar-refractivity contribution is 7.80. The third-order valence-corrected chi connectivity index (χ3v) is 3.15. The number of fused-ring (bicyclic) bond motifs is 3. The number of nitrogens with zero attached hydrogens (tertiary/aromatic N) is 5. The lowest BCUT2D eigenvalue weighted by Crippen LogP contribution is -2.24. The number of benzene rings is 1. The number of hydrogen-bond acceptors (Lipinski definition) is 5. The molecule has 0 spiro atoms. The van der Waals surface area contributed by atoms with Crippen LogP contribution in [0.25, 0.3) is 16.6 Å². The Balaban J connectivity index is 2.06. The molecule has 0 aliphatic heterocycles. The summed E-state index contributed by atoms with van der Waals surface area (Å²) in [7, 11) is 3.68. The average Bonchev–Trinajstić information content (AvgIpc) is 2.86. The zero-order valence-electron chi connectivity index (χ0n) is 10.4. The van der Waals surface area contributed by atoms with Crippen LogP contribution in [0.2, 0.25) is 0 Å². The fourth-order valence-corrected chi connectivity index (χ4v) is 1.84. The molecule has 2 heterocycles. The van der Waals surface area contributed by atoms with Gasteiger partial charge in [-0.3, -0.25) is 0 Å². The van der Waals surface area contributed by atoms with Gasteiger partial charge in [-0.1, -0.05) is 0 Å². The summed E-state index contributed by atoms with van der Waals surface area (Å²) in [6.45, 7) is 0. The Labute approximate surface area is 114 Å². The van der Waals surface area contributed by atoms with Gasteiger partial charge in [0, 0.05) is 19.5 Å². The largest absolute Gasteiger partial charge is 0.432 e. The van der Waals surface area contributed by atoms with Crippen molar-refractivity contribution in [2.75, 3.05) is 14.1 Å². The fraction of sp³-hybridized carbons (Fsp3) is 0.167. The molecule has 0 atom stereocenters. The van der Waals surface area contributed by atoms with E-state index in [-0.39, 0.29) is 0 Å². The molecular formula is C12H11N5OS. The van der Waals surface area contributed by atoms with Crippen molar-refractivity contribution in [1.29, 1.82) is 0 Å². The van der Waals surface area contributed by atoms with Crippen LogP contribution in [0.4, 0.5) is 0 Å². The summed E-state index contributed by atoms with van der Waals surface area (Å²) in [4.78, 5) is 1.74. The van der Waals surface area contributed by atoms with E-state index in [1.807, 2.05) is 44.4 Å². The molecule has 2 aromatic heterocycles. The Kier molecular flexibility index (Phi) is 2.75. The van der Waals surface area contributed by atoms with Gasteiger partial charge in [-0.15, -0.1) is 5.10 Å². The maximum absolute atomic E-state index is 5.57. The number of pyridine rings is 1. The van der Waals surface area contributed by atoms with Crippen LogP contribution in [-0.2, 0) is 0 Å². The maximum Gasteiger partial charge on any atom is 0.264 e. The highest BCUT2D eigenvalue weighted by Gasteiger charge is 2.06. The minimum atomic E-state index is 0.419. The molecule has 3 aromatic rings. The van der Waals surface area contributed by atoms with Crippen LogP contribution in [-0.4, -0.2) is 44.2 Å². The van der Waals surface area contributed by atoms with Gasteiger partial charge in [0.1, 0.15) is 5.75 Å². The molecule has 96 valence electrons. The average molecular weight is 273 g/mol. The second-order valence-corrected chi connectivity index (χ2v) is 4.61. The zero-order chi connectivity index (χ0) is 13.4. The summed E-state index contributed by atoms with van der Waals surface area (Å²) in [5.74, 6) is 0.693. The predicted octanol–water partition coefficient (Wildman–Crippen LogP) is 1.50. The lowest BCUT2D eigenvalue weighted by atomic mass is 10.2. The first-order valence-electron chi connectivity index (χ1n) is 5.65. The second-order valence-electron chi connectivity index (χ2n) is 4.27. The van der Waals surface area contributed by atoms with Crippen molar-refractivity contribution >= 4 is 33.9 Å². The Hall–Kier alpha value is -2.28. The SMILES string of the molecule is CN(C)C(=S)Oc1ccc2c(ccc3nnnn32)c1. The molecule has 0 radical (unpaired) electrons. The van der Waals surface area contributed by atoms with Crippen molar-refractivity contribution in [1.82, 2.24) is 24.9 Å². The minimum Gasteiger partial charge on any atom is -0.432 e. The molecule has 0 bridgehead atoms. The number of aromatic nitrogens is 4. The monoisotopic (exact) mass is 273 g/mol. The van der Waals surface area contributed by atoms with E-state index in [2.05, 4.69) is 15.5 Å². The maximum atomic E-state index is 5.57.